The van der Waals surface area contributed by atoms with E-state index < -0.39 is 0 Å². The maximum atomic E-state index is 5.01. The zero-order chi connectivity index (χ0) is 6.24. The van der Waals surface area contributed by atoms with Crippen LogP contribution in [-0.4, -0.2) is 23.1 Å². The van der Waals surface area contributed by atoms with Gasteiger partial charge in [0.05, 0.1) is 0 Å². The summed E-state index contributed by atoms with van der Waals surface area (Å²) in [6.07, 6.45) is 6.80. The molecule has 0 saturated carbocycles. The molecule has 2 heteroatoms. The van der Waals surface area contributed by atoms with E-state index in [4.69, 9.17) is 6.58 Å². The Bertz CT molecular complexity index is 85.3. The molecule has 0 aromatic rings. The Hall–Kier alpha value is 0.766. The van der Waals surface area contributed by atoms with Crippen LogP contribution in [0.3, 0.4) is 0 Å². The van der Waals surface area contributed by atoms with Crippen LogP contribution in [0.1, 0.15) is 32.6 Å². The molecule has 0 fully saturated rings. The number of rotatable bonds is 4. The van der Waals surface area contributed by atoms with Crippen LogP contribution >= 0.6 is 0 Å². The van der Waals surface area contributed by atoms with Gasteiger partial charge in [-0.25, -0.2) is 6.58 Å². The van der Waals surface area contributed by atoms with Crippen molar-refractivity contribution in [3.63, 3.8) is 0 Å². The van der Waals surface area contributed by atoms with Crippen molar-refractivity contribution in [1.82, 2.24) is 0 Å². The van der Waals surface area contributed by atoms with Crippen LogP contribution in [0.4, 0.5) is 0 Å². The van der Waals surface area contributed by atoms with Gasteiger partial charge in [0.15, 0.2) is 0 Å². The minimum absolute atomic E-state index is 0. The van der Waals surface area contributed by atoms with Crippen molar-refractivity contribution in [2.45, 2.75) is 32.6 Å². The van der Waals surface area contributed by atoms with Crippen LogP contribution in [-0.2, 0) is 0 Å². The number of halogens is 1. The first-order valence-electron chi connectivity index (χ1n) is 3.19. The van der Waals surface area contributed by atoms with E-state index in [1.165, 1.54) is 19.3 Å². The summed E-state index contributed by atoms with van der Waals surface area (Å²) in [4.78, 5) is 0. The van der Waals surface area contributed by atoms with Gasteiger partial charge in [-0.3, -0.25) is 0 Å². The van der Waals surface area contributed by atoms with Crippen LogP contribution in [0.5, 0.6) is 0 Å². The van der Waals surface area contributed by atoms with Crippen LogP contribution in [0.2, 0.25) is 0 Å². The molecule has 0 radical (unpaired) electrons. The molecule has 0 aliphatic carbocycles. The van der Waals surface area contributed by atoms with Crippen LogP contribution in [0.15, 0.2) is 11.8 Å². The quantitative estimate of drug-likeness (QED) is 0.252. The third kappa shape index (κ3) is 15.9. The third-order valence-corrected chi connectivity index (χ3v) is 1.07. The minimum atomic E-state index is 0. The second-order valence-corrected chi connectivity index (χ2v) is 1.87. The SMILES string of the molecule is [Br-].[CH-]=C=CCCCCC.[Mg+2]. The van der Waals surface area contributed by atoms with Crippen molar-refractivity contribution in [3.8, 4) is 0 Å². The molecule has 0 N–H and O–H groups in total. The molecule has 0 amide bonds. The predicted molar refractivity (Wildman–Crippen MR) is 42.3 cm³/mol. The Balaban J connectivity index is -0.000000245. The molecular weight excluding hydrogens is 200 g/mol. The van der Waals surface area contributed by atoms with E-state index in [-0.39, 0.29) is 40.0 Å². The van der Waals surface area contributed by atoms with Crippen molar-refractivity contribution in [2.24, 2.45) is 0 Å². The number of hydrogen-bond donors (Lipinski definition) is 0. The molecule has 0 saturated heterocycles. The first-order chi connectivity index (χ1) is 3.91. The largest absolute Gasteiger partial charge is 2.00 e. The summed E-state index contributed by atoms with van der Waals surface area (Å²) in [6.45, 7) is 7.20. The molecule has 0 spiro atoms. The second kappa shape index (κ2) is 16.4. The molecule has 0 rings (SSSR count). The van der Waals surface area contributed by atoms with Gasteiger partial charge in [-0.2, -0.15) is 6.08 Å². The zero-order valence-corrected chi connectivity index (χ0v) is 9.57. The van der Waals surface area contributed by atoms with Gasteiger partial charge in [0.25, 0.3) is 0 Å². The predicted octanol–water partition coefficient (Wildman–Crippen LogP) is -0.666. The van der Waals surface area contributed by atoms with Gasteiger partial charge < -0.3 is 22.7 Å². The fourth-order valence-electron chi connectivity index (χ4n) is 0.580. The monoisotopic (exact) mass is 212 g/mol. The van der Waals surface area contributed by atoms with E-state index in [0.717, 1.165) is 6.42 Å². The molecule has 0 aliphatic heterocycles. The summed E-state index contributed by atoms with van der Waals surface area (Å²) < 4.78 is 0. The van der Waals surface area contributed by atoms with Gasteiger partial charge in [-0.1, -0.05) is 32.6 Å². The van der Waals surface area contributed by atoms with Gasteiger partial charge in [0, 0.05) is 0 Å². The number of unbranched alkanes of at least 4 members (excludes halogenated alkanes) is 3. The second-order valence-electron chi connectivity index (χ2n) is 1.87. The Labute approximate surface area is 90.7 Å². The van der Waals surface area contributed by atoms with Crippen molar-refractivity contribution in [3.05, 3.63) is 18.4 Å². The molecular formula is C8H13BrMg. The molecule has 0 heterocycles. The van der Waals surface area contributed by atoms with E-state index in [1.807, 2.05) is 6.08 Å². The van der Waals surface area contributed by atoms with Gasteiger partial charge >= 0.3 is 23.1 Å². The van der Waals surface area contributed by atoms with Crippen LogP contribution < -0.4 is 17.0 Å². The Kier molecular flexibility index (Phi) is 27.9. The maximum Gasteiger partial charge on any atom is 2.00 e. The molecule has 0 atom stereocenters. The Morgan fingerprint density at radius 2 is 2.00 bits per heavy atom. The number of hydrogen-bond acceptors (Lipinski definition) is 0. The van der Waals surface area contributed by atoms with Crippen molar-refractivity contribution in [1.29, 1.82) is 0 Å². The first-order valence-corrected chi connectivity index (χ1v) is 3.19. The van der Waals surface area contributed by atoms with Crippen molar-refractivity contribution < 1.29 is 17.0 Å². The summed E-state index contributed by atoms with van der Waals surface area (Å²) in [5, 5.41) is 0. The first kappa shape index (κ1) is 17.0. The van der Waals surface area contributed by atoms with Crippen molar-refractivity contribution >= 4 is 23.1 Å². The third-order valence-electron chi connectivity index (χ3n) is 1.07. The smallest absolute Gasteiger partial charge is 1.00 e. The van der Waals surface area contributed by atoms with Crippen LogP contribution in [0.25, 0.3) is 0 Å². The standard InChI is InChI=1S/C8H13.BrH.Mg/c1-3-5-7-8-6-4-2;;/h1,5H,4,6-8H2,2H3;1H;/q-1;;+2/p-1. The zero-order valence-electron chi connectivity index (χ0n) is 6.57. The van der Waals surface area contributed by atoms with Gasteiger partial charge in [-0.15, -0.1) is 0 Å². The summed E-state index contributed by atoms with van der Waals surface area (Å²) in [5.74, 6) is 0. The van der Waals surface area contributed by atoms with Gasteiger partial charge in [0.2, 0.25) is 0 Å². The Morgan fingerprint density at radius 3 is 2.40 bits per heavy atom. The van der Waals surface area contributed by atoms with E-state index in [0.29, 0.717) is 0 Å². The molecule has 0 aromatic heterocycles. The molecule has 10 heavy (non-hydrogen) atoms. The molecule has 0 unspecified atom stereocenters. The van der Waals surface area contributed by atoms with Gasteiger partial charge in [0.1, 0.15) is 0 Å². The fourth-order valence-corrected chi connectivity index (χ4v) is 0.580. The summed E-state index contributed by atoms with van der Waals surface area (Å²) in [7, 11) is 0. The molecule has 0 nitrogen and oxygen atoms in total. The summed E-state index contributed by atoms with van der Waals surface area (Å²) >= 11 is 0. The average molecular weight is 213 g/mol. The van der Waals surface area contributed by atoms with Crippen LogP contribution in [0, 0.1) is 6.58 Å². The topological polar surface area (TPSA) is 0 Å². The summed E-state index contributed by atoms with van der Waals surface area (Å²) in [6, 6.07) is 0. The van der Waals surface area contributed by atoms with E-state index in [1.54, 1.807) is 0 Å². The Morgan fingerprint density at radius 1 is 1.40 bits per heavy atom. The van der Waals surface area contributed by atoms with E-state index in [9.17, 15) is 0 Å². The normalized spacial score (nSPS) is 6.50. The van der Waals surface area contributed by atoms with E-state index in [2.05, 4.69) is 12.7 Å². The molecule has 0 aliphatic rings. The van der Waals surface area contributed by atoms with E-state index >= 15 is 0 Å². The van der Waals surface area contributed by atoms with Gasteiger partial charge in [-0.05, 0) is 0 Å². The molecule has 0 bridgehead atoms. The summed E-state index contributed by atoms with van der Waals surface area (Å²) in [5.41, 5.74) is 2.50. The molecule has 54 valence electrons. The fraction of sp³-hybridized carbons (Fsp3) is 0.625. The average Bonchev–Trinajstić information content (AvgIpc) is 1.81. The minimum Gasteiger partial charge on any atom is -1.00 e. The van der Waals surface area contributed by atoms with Crippen molar-refractivity contribution in [2.75, 3.05) is 0 Å². The molecule has 0 aromatic carbocycles. The number of allylic oxidation sites excluding steroid dienone is 1. The maximum absolute atomic E-state index is 5.01.